The van der Waals surface area contributed by atoms with Crippen LogP contribution in [0.15, 0.2) is 53.7 Å². The summed E-state index contributed by atoms with van der Waals surface area (Å²) >= 11 is 0. The first kappa shape index (κ1) is 19.2. The number of aryl methyl sites for hydroxylation is 1. The number of allylic oxidation sites excluding steroid dienone is 1. The summed E-state index contributed by atoms with van der Waals surface area (Å²) in [5.74, 6) is -0.189. The van der Waals surface area contributed by atoms with E-state index in [0.717, 1.165) is 33.7 Å². The number of rotatable bonds is 7. The van der Waals surface area contributed by atoms with Crippen molar-refractivity contribution in [1.29, 1.82) is 0 Å². The van der Waals surface area contributed by atoms with E-state index < -0.39 is 5.97 Å². The molecule has 26 heavy (non-hydrogen) atoms. The summed E-state index contributed by atoms with van der Waals surface area (Å²) in [6, 6.07) is 13.5. The van der Waals surface area contributed by atoms with Crippen LogP contribution in [0, 0.1) is 6.92 Å². The number of hydrogen-bond donors (Lipinski definition) is 1. The maximum absolute atomic E-state index is 10.9. The summed E-state index contributed by atoms with van der Waals surface area (Å²) in [4.78, 5) is 15.7. The fourth-order valence-electron chi connectivity index (χ4n) is 2.68. The zero-order valence-corrected chi connectivity index (χ0v) is 15.4. The Morgan fingerprint density at radius 2 is 1.92 bits per heavy atom. The Balaban J connectivity index is 2.20. The minimum Gasteiger partial charge on any atom is -0.489 e. The minimum absolute atomic E-state index is 0.353. The van der Waals surface area contributed by atoms with Gasteiger partial charge in [0.25, 0.3) is 0 Å². The monoisotopic (exact) mass is 353 g/mol. The second-order valence-corrected chi connectivity index (χ2v) is 5.95. The van der Waals surface area contributed by atoms with E-state index in [0.29, 0.717) is 12.2 Å². The maximum atomic E-state index is 10.9. The van der Waals surface area contributed by atoms with Gasteiger partial charge < -0.3 is 14.7 Å². The van der Waals surface area contributed by atoms with E-state index >= 15 is 0 Å². The number of nitrogens with zero attached hydrogens (tertiary/aromatic N) is 1. The van der Waals surface area contributed by atoms with Gasteiger partial charge in [-0.05, 0) is 66.8 Å². The molecular weight excluding hydrogens is 330 g/mol. The molecule has 0 saturated heterocycles. The van der Waals surface area contributed by atoms with Crippen LogP contribution in [0.4, 0.5) is 0 Å². The van der Waals surface area contributed by atoms with Crippen LogP contribution in [0.25, 0.3) is 5.57 Å². The van der Waals surface area contributed by atoms with Crippen molar-refractivity contribution in [1.82, 2.24) is 0 Å². The second kappa shape index (κ2) is 8.85. The molecule has 136 valence electrons. The smallest absolute Gasteiger partial charge is 0.328 e. The zero-order chi connectivity index (χ0) is 19.1. The number of aliphatic carboxylic acids is 1. The van der Waals surface area contributed by atoms with Gasteiger partial charge in [0.15, 0.2) is 0 Å². The highest BCUT2D eigenvalue weighted by Gasteiger charge is 2.08. The Morgan fingerprint density at radius 3 is 2.58 bits per heavy atom. The zero-order valence-electron chi connectivity index (χ0n) is 15.4. The average molecular weight is 353 g/mol. The molecule has 0 bridgehead atoms. The molecule has 0 aliphatic rings. The molecule has 2 aromatic carbocycles. The largest absolute Gasteiger partial charge is 0.489 e. The first-order chi connectivity index (χ1) is 12.4. The lowest BCUT2D eigenvalue weighted by molar-refractivity contribution is -0.131. The molecular formula is C21H23NO4. The van der Waals surface area contributed by atoms with Gasteiger partial charge in [-0.15, -0.1) is 0 Å². The van der Waals surface area contributed by atoms with Crippen LogP contribution in [0.2, 0.25) is 0 Å². The van der Waals surface area contributed by atoms with Crippen molar-refractivity contribution in [3.05, 3.63) is 70.8 Å². The van der Waals surface area contributed by atoms with Crippen LogP contribution < -0.4 is 4.74 Å². The lowest BCUT2D eigenvalue weighted by atomic mass is 10.0. The van der Waals surface area contributed by atoms with E-state index in [9.17, 15) is 4.79 Å². The van der Waals surface area contributed by atoms with E-state index in [4.69, 9.17) is 14.7 Å². The molecule has 0 aromatic heterocycles. The number of oxime groups is 1. The first-order valence-corrected chi connectivity index (χ1v) is 8.23. The molecule has 5 heteroatoms. The van der Waals surface area contributed by atoms with E-state index in [1.807, 2.05) is 56.3 Å². The van der Waals surface area contributed by atoms with Crippen molar-refractivity contribution in [3.8, 4) is 5.75 Å². The van der Waals surface area contributed by atoms with Crippen LogP contribution in [0.1, 0.15) is 36.1 Å². The van der Waals surface area contributed by atoms with E-state index in [1.54, 1.807) is 6.92 Å². The third-order valence-corrected chi connectivity index (χ3v) is 3.99. The summed E-state index contributed by atoms with van der Waals surface area (Å²) in [5, 5.41) is 12.9. The van der Waals surface area contributed by atoms with Crippen molar-refractivity contribution in [2.75, 3.05) is 7.11 Å². The molecule has 5 nitrogen and oxygen atoms in total. The van der Waals surface area contributed by atoms with Crippen LogP contribution >= 0.6 is 0 Å². The first-order valence-electron chi connectivity index (χ1n) is 8.23. The number of carboxylic acids is 1. The molecule has 0 unspecified atom stereocenters. The highest BCUT2D eigenvalue weighted by molar-refractivity contribution is 5.98. The maximum Gasteiger partial charge on any atom is 0.328 e. The second-order valence-electron chi connectivity index (χ2n) is 5.95. The molecule has 0 radical (unpaired) electrons. The number of ether oxygens (including phenoxy) is 1. The number of benzene rings is 2. The third-order valence-electron chi connectivity index (χ3n) is 3.99. The SMILES string of the molecule is CO/N=C(\C)c1ccc(OCc2ccccc2/C(C)=C\C(=O)O)c(C)c1. The van der Waals surface area contributed by atoms with Gasteiger partial charge in [0.1, 0.15) is 19.5 Å². The summed E-state index contributed by atoms with van der Waals surface area (Å²) < 4.78 is 5.97. The van der Waals surface area contributed by atoms with Gasteiger partial charge in [0.2, 0.25) is 0 Å². The Kier molecular flexibility index (Phi) is 6.55. The lowest BCUT2D eigenvalue weighted by Gasteiger charge is -2.13. The summed E-state index contributed by atoms with van der Waals surface area (Å²) in [6.45, 7) is 5.99. The van der Waals surface area contributed by atoms with Gasteiger partial charge in [-0.2, -0.15) is 0 Å². The Labute approximate surface area is 153 Å². The van der Waals surface area contributed by atoms with Crippen LogP contribution in [-0.4, -0.2) is 23.9 Å². The Morgan fingerprint density at radius 1 is 1.19 bits per heavy atom. The standard InChI is InChI=1S/C21H23NO4/c1-14(12-21(23)24)19-8-6-5-7-18(19)13-26-20-10-9-17(11-15(20)2)16(3)22-25-4/h5-12H,13H2,1-4H3,(H,23,24)/b14-12-,22-16+. The number of carbonyl (C=O) groups is 1. The molecule has 2 aromatic rings. The van der Waals surface area contributed by atoms with Gasteiger partial charge >= 0.3 is 5.97 Å². The molecule has 0 saturated carbocycles. The van der Waals surface area contributed by atoms with Gasteiger partial charge in [0.05, 0.1) is 5.71 Å². The lowest BCUT2D eigenvalue weighted by Crippen LogP contribution is -2.02. The quantitative estimate of drug-likeness (QED) is 0.454. The van der Waals surface area contributed by atoms with Gasteiger partial charge in [-0.1, -0.05) is 29.4 Å². The van der Waals surface area contributed by atoms with Gasteiger partial charge in [-0.25, -0.2) is 4.79 Å². The molecule has 0 spiro atoms. The molecule has 0 aliphatic carbocycles. The van der Waals surface area contributed by atoms with Crippen LogP contribution in [0.3, 0.4) is 0 Å². The van der Waals surface area contributed by atoms with Crippen molar-refractivity contribution < 1.29 is 19.5 Å². The van der Waals surface area contributed by atoms with Crippen molar-refractivity contribution in [2.45, 2.75) is 27.4 Å². The molecule has 2 rings (SSSR count). The van der Waals surface area contributed by atoms with Crippen molar-refractivity contribution in [3.63, 3.8) is 0 Å². The highest BCUT2D eigenvalue weighted by Crippen LogP contribution is 2.24. The predicted octanol–water partition coefficient (Wildman–Crippen LogP) is 4.43. The Hall–Kier alpha value is -3.08. The summed E-state index contributed by atoms with van der Waals surface area (Å²) in [7, 11) is 1.52. The van der Waals surface area contributed by atoms with E-state index in [1.165, 1.54) is 13.2 Å². The fourth-order valence-corrected chi connectivity index (χ4v) is 2.68. The summed E-state index contributed by atoms with van der Waals surface area (Å²) in [5.41, 5.74) is 5.24. The topological polar surface area (TPSA) is 68.1 Å². The van der Waals surface area contributed by atoms with Crippen LogP contribution in [-0.2, 0) is 16.2 Å². The minimum atomic E-state index is -0.960. The number of hydrogen-bond acceptors (Lipinski definition) is 4. The predicted molar refractivity (Wildman–Crippen MR) is 102 cm³/mol. The molecule has 0 fully saturated rings. The van der Waals surface area contributed by atoms with Crippen molar-refractivity contribution >= 4 is 17.3 Å². The van der Waals surface area contributed by atoms with E-state index in [2.05, 4.69) is 5.16 Å². The van der Waals surface area contributed by atoms with Gasteiger partial charge in [0, 0.05) is 6.08 Å². The Bertz CT molecular complexity index is 853. The average Bonchev–Trinajstić information content (AvgIpc) is 2.60. The molecule has 0 aliphatic heterocycles. The fraction of sp³-hybridized carbons (Fsp3) is 0.238. The molecule has 0 atom stereocenters. The molecule has 0 amide bonds. The van der Waals surface area contributed by atoms with Gasteiger partial charge in [-0.3, -0.25) is 0 Å². The van der Waals surface area contributed by atoms with Crippen molar-refractivity contribution in [2.24, 2.45) is 5.16 Å². The number of carboxylic acid groups (broad SMARTS) is 1. The van der Waals surface area contributed by atoms with E-state index in [-0.39, 0.29) is 0 Å². The summed E-state index contributed by atoms with van der Waals surface area (Å²) in [6.07, 6.45) is 1.21. The highest BCUT2D eigenvalue weighted by atomic mass is 16.6. The molecule has 0 heterocycles. The molecule has 1 N–H and O–H groups in total. The van der Waals surface area contributed by atoms with Crippen LogP contribution in [0.5, 0.6) is 5.75 Å². The normalized spacial score (nSPS) is 12.0. The third kappa shape index (κ3) is 4.96.